The number of imidazole rings is 1. The Kier molecular flexibility index (Phi) is 9.28. The Morgan fingerprint density at radius 2 is 1.68 bits per heavy atom. The van der Waals surface area contributed by atoms with Crippen molar-refractivity contribution < 1.29 is 23.1 Å². The number of carbonyl (C=O) groups is 2. The third kappa shape index (κ3) is 6.35. The predicted octanol–water partition coefficient (Wildman–Crippen LogP) is 8.00. The van der Waals surface area contributed by atoms with E-state index in [0.29, 0.717) is 65.8 Å². The molecule has 15 heteroatoms. The van der Waals surface area contributed by atoms with E-state index in [1.807, 2.05) is 11.0 Å². The molecule has 7 aromatic rings. The molecule has 2 saturated heterocycles. The van der Waals surface area contributed by atoms with Gasteiger partial charge in [0.15, 0.2) is 5.82 Å². The smallest absolute Gasteiger partial charge is 0.338 e. The predicted molar refractivity (Wildman–Crippen MR) is 242 cm³/mol. The van der Waals surface area contributed by atoms with Crippen molar-refractivity contribution in [1.29, 1.82) is 0 Å². The Morgan fingerprint density at radius 3 is 2.40 bits per heavy atom. The monoisotopic (exact) mass is 881 g/mol. The summed E-state index contributed by atoms with van der Waals surface area (Å²) in [5, 5.41) is 13.7. The average Bonchev–Trinajstić information content (AvgIpc) is 3.84. The van der Waals surface area contributed by atoms with Crippen molar-refractivity contribution >= 4 is 33.6 Å². The van der Waals surface area contributed by atoms with Crippen molar-refractivity contribution in [2.45, 2.75) is 109 Å². The molecule has 2 bridgehead atoms. The van der Waals surface area contributed by atoms with Crippen LogP contribution in [0.3, 0.4) is 0 Å². The lowest BCUT2D eigenvalue weighted by Gasteiger charge is -2.36. The summed E-state index contributed by atoms with van der Waals surface area (Å²) in [4.78, 5) is 44.9. The van der Waals surface area contributed by atoms with Crippen LogP contribution in [0.1, 0.15) is 110 Å². The van der Waals surface area contributed by atoms with Crippen molar-refractivity contribution in [3.8, 4) is 17.2 Å². The van der Waals surface area contributed by atoms with Gasteiger partial charge in [-0.25, -0.2) is 18.3 Å². The van der Waals surface area contributed by atoms with E-state index >= 15 is 13.6 Å². The quantitative estimate of drug-likeness (QED) is 0.165. The summed E-state index contributed by atoms with van der Waals surface area (Å²) in [6.45, 7) is 12.4. The molecule has 5 atom stereocenters. The van der Waals surface area contributed by atoms with Gasteiger partial charge in [0.25, 0.3) is 5.91 Å². The molecule has 336 valence electrons. The summed E-state index contributed by atoms with van der Waals surface area (Å²) in [6, 6.07) is 14.7. The Hall–Kier alpha value is -6.35. The minimum Gasteiger partial charge on any atom is -0.376 e. The van der Waals surface area contributed by atoms with Crippen LogP contribution in [0.25, 0.3) is 39.0 Å². The summed E-state index contributed by atoms with van der Waals surface area (Å²) >= 11 is 0. The number of amides is 2. The first-order chi connectivity index (χ1) is 31.0. The van der Waals surface area contributed by atoms with Crippen LogP contribution in [-0.2, 0) is 28.5 Å². The Balaban J connectivity index is 1.06. The summed E-state index contributed by atoms with van der Waals surface area (Å²) in [5.41, 5.74) is 5.01. The third-order valence-corrected chi connectivity index (χ3v) is 15.0. The van der Waals surface area contributed by atoms with E-state index in [2.05, 4.69) is 54.0 Å². The van der Waals surface area contributed by atoms with Crippen LogP contribution in [0.5, 0.6) is 0 Å². The fourth-order valence-corrected chi connectivity index (χ4v) is 11.6. The molecule has 7 heterocycles. The first-order valence-corrected chi connectivity index (χ1v) is 22.7. The lowest BCUT2D eigenvalue weighted by atomic mass is 9.83. The van der Waals surface area contributed by atoms with E-state index in [0.717, 1.165) is 47.8 Å². The van der Waals surface area contributed by atoms with E-state index in [-0.39, 0.29) is 46.3 Å². The highest BCUT2D eigenvalue weighted by Crippen LogP contribution is 2.54. The van der Waals surface area contributed by atoms with Crippen LogP contribution in [0.15, 0.2) is 71.9 Å². The Bertz CT molecular complexity index is 3180. The van der Waals surface area contributed by atoms with Crippen LogP contribution in [0.4, 0.5) is 8.78 Å². The summed E-state index contributed by atoms with van der Waals surface area (Å²) in [5.74, 6) is -0.226. The number of carbonyl (C=O) groups excluding carboxylic acids is 2. The third-order valence-electron chi connectivity index (χ3n) is 15.0. The largest absolute Gasteiger partial charge is 0.376 e. The lowest BCUT2D eigenvalue weighted by Crippen LogP contribution is -2.44. The number of hydrogen-bond acceptors (Lipinski definition) is 6. The molecule has 4 aromatic heterocycles. The van der Waals surface area contributed by atoms with Crippen LogP contribution in [-0.4, -0.2) is 74.8 Å². The highest BCUT2D eigenvalue weighted by molar-refractivity contribution is 6.00. The molecule has 2 amide bonds. The van der Waals surface area contributed by atoms with Gasteiger partial charge in [0.2, 0.25) is 5.91 Å². The molecule has 11 rings (SSSR count). The zero-order valence-corrected chi connectivity index (χ0v) is 37.8. The first-order valence-electron chi connectivity index (χ1n) is 22.7. The highest BCUT2D eigenvalue weighted by atomic mass is 19.1. The van der Waals surface area contributed by atoms with E-state index in [4.69, 9.17) is 9.84 Å². The van der Waals surface area contributed by atoms with Crippen molar-refractivity contribution in [3.05, 3.63) is 123 Å². The number of aromatic nitrogens is 7. The van der Waals surface area contributed by atoms with Crippen LogP contribution >= 0.6 is 0 Å². The maximum Gasteiger partial charge on any atom is 0.338 e. The van der Waals surface area contributed by atoms with Gasteiger partial charge in [-0.1, -0.05) is 13.0 Å². The minimum absolute atomic E-state index is 0.0689. The van der Waals surface area contributed by atoms with Gasteiger partial charge in [0, 0.05) is 68.4 Å². The van der Waals surface area contributed by atoms with Crippen molar-refractivity contribution in [3.63, 3.8) is 0 Å². The van der Waals surface area contributed by atoms with E-state index in [1.165, 1.54) is 34.0 Å². The molecule has 3 fully saturated rings. The maximum atomic E-state index is 16.2. The zero-order valence-electron chi connectivity index (χ0n) is 37.8. The number of rotatable bonds is 8. The number of nitrogens with one attached hydrogen (secondary N) is 1. The molecular formula is C50H53F2N9O4. The number of nitrogens with zero attached hydrogens (tertiary/aromatic N) is 8. The topological polar surface area (TPSA) is 126 Å². The standard InChI is InChI=1S/C50H53F2N9O4/c1-27-18-35(19-28(2)44(27)51)61-46(58-16-15-57(48(58)64)41-13-12-39-36(45(41)52)25-54-56(39)7)43-37(55-61)22-34-9-11-40(43)59(34)47(63)42-21-33-20-31(32-14-17-65-49(5,6)24-32)8-10-38(33)60(42)50(23-29(50)3)26-53-30(4)62/h8,10,12-13,15-16,18-21,25,29,32,34,40H,9,11,14,17,22-24,26H2,1-7H3,(H,53,62)/t29-,32-,34+,40-,50+/m0/s1. The molecule has 13 nitrogen and oxygen atoms in total. The van der Waals surface area contributed by atoms with Crippen LogP contribution in [0, 0.1) is 31.4 Å². The summed E-state index contributed by atoms with van der Waals surface area (Å²) < 4.78 is 45.6. The fraction of sp³-hybridized carbons (Fsp3) is 0.420. The number of fused-ring (bicyclic) bond motifs is 6. The molecule has 1 saturated carbocycles. The average molecular weight is 882 g/mol. The number of hydrogen-bond donors (Lipinski definition) is 1. The van der Waals surface area contributed by atoms with E-state index < -0.39 is 23.1 Å². The molecular weight excluding hydrogens is 829 g/mol. The molecule has 0 unspecified atom stereocenters. The van der Waals surface area contributed by atoms with Gasteiger partial charge in [0.05, 0.1) is 51.4 Å². The number of aryl methyl sites for hydroxylation is 3. The summed E-state index contributed by atoms with van der Waals surface area (Å²) in [7, 11) is 1.73. The number of benzene rings is 3. The second-order valence-electron chi connectivity index (χ2n) is 19.7. The van der Waals surface area contributed by atoms with Crippen molar-refractivity contribution in [2.75, 3.05) is 13.2 Å². The van der Waals surface area contributed by atoms with Gasteiger partial charge in [-0.3, -0.25) is 23.4 Å². The minimum atomic E-state index is -0.577. The fourth-order valence-electron chi connectivity index (χ4n) is 11.6. The first kappa shape index (κ1) is 41.4. The van der Waals surface area contributed by atoms with Crippen molar-refractivity contribution in [2.24, 2.45) is 13.0 Å². The van der Waals surface area contributed by atoms with Gasteiger partial charge in [0.1, 0.15) is 17.3 Å². The second kappa shape index (κ2) is 14.6. The van der Waals surface area contributed by atoms with E-state index in [9.17, 15) is 9.59 Å². The van der Waals surface area contributed by atoms with Gasteiger partial charge in [-0.2, -0.15) is 10.2 Å². The normalized spacial score (nSPS) is 23.4. The molecule has 1 N–H and O–H groups in total. The van der Waals surface area contributed by atoms with Gasteiger partial charge < -0.3 is 19.5 Å². The van der Waals surface area contributed by atoms with Crippen LogP contribution in [0.2, 0.25) is 0 Å². The number of halogens is 2. The lowest BCUT2D eigenvalue weighted by molar-refractivity contribution is -0.119. The maximum absolute atomic E-state index is 16.2. The SMILES string of the molecule is CC(=O)NC[C@]1(n2c(C(=O)N3[C@@H]4CC[C@H]3c3c(nn(-c5cc(C)c(F)c(C)c5)c3-n3ccn(-c5ccc6c(cnn6C)c5F)c3=O)C4)cc3cc([C@H]4CCOC(C)(C)C4)ccc32)C[C@@H]1C. The molecule has 1 aliphatic carbocycles. The molecule has 65 heavy (non-hydrogen) atoms. The van der Waals surface area contributed by atoms with Gasteiger partial charge >= 0.3 is 5.69 Å². The Morgan fingerprint density at radius 1 is 0.938 bits per heavy atom. The van der Waals surface area contributed by atoms with Crippen molar-refractivity contribution in [1.82, 2.24) is 43.5 Å². The molecule has 3 aromatic carbocycles. The molecule has 3 aliphatic heterocycles. The second-order valence-corrected chi connectivity index (χ2v) is 19.7. The number of ether oxygens (including phenoxy) is 1. The molecule has 4 aliphatic rings. The molecule has 0 radical (unpaired) electrons. The summed E-state index contributed by atoms with van der Waals surface area (Å²) in [6.07, 6.45) is 8.99. The zero-order chi connectivity index (χ0) is 45.4. The van der Waals surface area contributed by atoms with Gasteiger partial charge in [-0.05, 0) is 131 Å². The Labute approximate surface area is 374 Å². The van der Waals surface area contributed by atoms with Gasteiger partial charge in [-0.15, -0.1) is 0 Å². The molecule has 0 spiro atoms. The van der Waals surface area contributed by atoms with Crippen LogP contribution < -0.4 is 11.0 Å². The van der Waals surface area contributed by atoms with E-state index in [1.54, 1.807) is 60.7 Å². The highest BCUT2D eigenvalue weighted by Gasteiger charge is 2.56.